The number of fused-ring (bicyclic) bond motifs is 1. The molecule has 1 aromatic heterocycles. The molecule has 0 spiro atoms. The number of nitrogens with one attached hydrogen (secondary N) is 1. The fourth-order valence-electron chi connectivity index (χ4n) is 2.41. The second-order valence-electron chi connectivity index (χ2n) is 5.04. The number of imidazole rings is 1. The predicted molar refractivity (Wildman–Crippen MR) is 80.4 cm³/mol. The molecule has 2 nitrogen and oxygen atoms in total. The third kappa shape index (κ3) is 2.03. The van der Waals surface area contributed by atoms with E-state index >= 15 is 0 Å². The minimum absolute atomic E-state index is 0.962. The van der Waals surface area contributed by atoms with Crippen LogP contribution in [0.5, 0.6) is 0 Å². The SMILES string of the molecule is CCc1ccc2nc(-c3cccc(C)c3C)[nH]c2c1. The Hall–Kier alpha value is -2.09. The van der Waals surface area contributed by atoms with Crippen LogP contribution in [0.2, 0.25) is 0 Å². The average Bonchev–Trinajstić information content (AvgIpc) is 2.84. The smallest absolute Gasteiger partial charge is 0.138 e. The van der Waals surface area contributed by atoms with Gasteiger partial charge in [0.2, 0.25) is 0 Å². The van der Waals surface area contributed by atoms with Gasteiger partial charge in [0, 0.05) is 5.56 Å². The molecule has 0 unspecified atom stereocenters. The number of H-pyrrole nitrogens is 1. The van der Waals surface area contributed by atoms with Crippen molar-refractivity contribution in [3.63, 3.8) is 0 Å². The van der Waals surface area contributed by atoms with Gasteiger partial charge >= 0.3 is 0 Å². The van der Waals surface area contributed by atoms with Gasteiger partial charge in [-0.15, -0.1) is 0 Å². The first kappa shape index (κ1) is 12.0. The Balaban J connectivity index is 2.18. The van der Waals surface area contributed by atoms with Gasteiger partial charge in [0.1, 0.15) is 5.82 Å². The normalized spacial score (nSPS) is 11.1. The van der Waals surface area contributed by atoms with Crippen LogP contribution < -0.4 is 0 Å². The maximum atomic E-state index is 4.70. The van der Waals surface area contributed by atoms with Crippen molar-refractivity contribution < 1.29 is 0 Å². The Morgan fingerprint density at radius 2 is 1.95 bits per heavy atom. The lowest BCUT2D eigenvalue weighted by atomic mass is 10.0. The fraction of sp³-hybridized carbons (Fsp3) is 0.235. The van der Waals surface area contributed by atoms with Crippen molar-refractivity contribution in [2.45, 2.75) is 27.2 Å². The number of aromatic nitrogens is 2. The molecule has 3 rings (SSSR count). The molecule has 2 heteroatoms. The van der Waals surface area contributed by atoms with Crippen LogP contribution >= 0.6 is 0 Å². The van der Waals surface area contributed by atoms with E-state index < -0.39 is 0 Å². The molecular weight excluding hydrogens is 232 g/mol. The molecule has 0 saturated heterocycles. The summed E-state index contributed by atoms with van der Waals surface area (Å²) in [5.41, 5.74) is 7.27. The zero-order valence-electron chi connectivity index (χ0n) is 11.6. The molecule has 0 fully saturated rings. The van der Waals surface area contributed by atoms with Crippen molar-refractivity contribution in [3.05, 3.63) is 53.1 Å². The van der Waals surface area contributed by atoms with E-state index in [1.807, 2.05) is 0 Å². The number of benzene rings is 2. The Morgan fingerprint density at radius 3 is 2.74 bits per heavy atom. The van der Waals surface area contributed by atoms with Gasteiger partial charge < -0.3 is 4.98 Å². The van der Waals surface area contributed by atoms with Gasteiger partial charge in [-0.3, -0.25) is 0 Å². The number of aromatic amines is 1. The van der Waals surface area contributed by atoms with Crippen LogP contribution in [0.25, 0.3) is 22.4 Å². The van der Waals surface area contributed by atoms with Crippen LogP contribution in [0, 0.1) is 13.8 Å². The van der Waals surface area contributed by atoms with E-state index in [1.54, 1.807) is 0 Å². The first-order valence-corrected chi connectivity index (χ1v) is 6.74. The van der Waals surface area contributed by atoms with Crippen molar-refractivity contribution in [2.75, 3.05) is 0 Å². The highest BCUT2D eigenvalue weighted by atomic mass is 14.9. The third-order valence-corrected chi connectivity index (χ3v) is 3.81. The predicted octanol–water partition coefficient (Wildman–Crippen LogP) is 4.41. The summed E-state index contributed by atoms with van der Waals surface area (Å²) in [5, 5.41) is 0. The molecule has 1 N–H and O–H groups in total. The third-order valence-electron chi connectivity index (χ3n) is 3.81. The zero-order valence-corrected chi connectivity index (χ0v) is 11.6. The van der Waals surface area contributed by atoms with Gasteiger partial charge in [0.25, 0.3) is 0 Å². The minimum atomic E-state index is 0.962. The van der Waals surface area contributed by atoms with E-state index in [4.69, 9.17) is 4.98 Å². The molecule has 0 amide bonds. The van der Waals surface area contributed by atoms with Crippen molar-refractivity contribution in [3.8, 4) is 11.4 Å². The first-order chi connectivity index (χ1) is 9.19. The van der Waals surface area contributed by atoms with Crippen LogP contribution in [0.4, 0.5) is 0 Å². The highest BCUT2D eigenvalue weighted by Gasteiger charge is 2.09. The van der Waals surface area contributed by atoms with E-state index in [1.165, 1.54) is 22.3 Å². The Bertz CT molecular complexity index is 738. The summed E-state index contributed by atoms with van der Waals surface area (Å²) in [6.07, 6.45) is 1.05. The van der Waals surface area contributed by atoms with E-state index in [0.717, 1.165) is 23.3 Å². The molecule has 96 valence electrons. The summed E-state index contributed by atoms with van der Waals surface area (Å²) in [6, 6.07) is 12.8. The molecular formula is C17H18N2. The van der Waals surface area contributed by atoms with Gasteiger partial charge in [0.05, 0.1) is 11.0 Å². The molecule has 19 heavy (non-hydrogen) atoms. The number of nitrogens with zero attached hydrogens (tertiary/aromatic N) is 1. The number of aryl methyl sites for hydroxylation is 2. The summed E-state index contributed by atoms with van der Waals surface area (Å²) in [4.78, 5) is 8.15. The van der Waals surface area contributed by atoms with E-state index in [0.29, 0.717) is 0 Å². The first-order valence-electron chi connectivity index (χ1n) is 6.74. The summed E-state index contributed by atoms with van der Waals surface area (Å²) in [5.74, 6) is 0.962. The molecule has 0 saturated carbocycles. The average molecular weight is 250 g/mol. The second-order valence-corrected chi connectivity index (χ2v) is 5.04. The molecule has 0 bridgehead atoms. The zero-order chi connectivity index (χ0) is 13.4. The minimum Gasteiger partial charge on any atom is -0.338 e. The standard InChI is InChI=1S/C17H18N2/c1-4-13-8-9-15-16(10-13)19-17(18-15)14-7-5-6-11(2)12(14)3/h5-10H,4H2,1-3H3,(H,18,19). The molecule has 0 aliphatic rings. The summed E-state index contributed by atoms with van der Waals surface area (Å²) < 4.78 is 0. The van der Waals surface area contributed by atoms with Crippen LogP contribution in [0.3, 0.4) is 0 Å². The highest BCUT2D eigenvalue weighted by Crippen LogP contribution is 2.25. The van der Waals surface area contributed by atoms with Crippen LogP contribution in [-0.2, 0) is 6.42 Å². The molecule has 0 aliphatic heterocycles. The van der Waals surface area contributed by atoms with Gasteiger partial charge in [-0.25, -0.2) is 4.98 Å². The van der Waals surface area contributed by atoms with Gasteiger partial charge in [-0.05, 0) is 49.1 Å². The quantitative estimate of drug-likeness (QED) is 0.717. The highest BCUT2D eigenvalue weighted by molar-refractivity contribution is 5.80. The lowest BCUT2D eigenvalue weighted by Crippen LogP contribution is -1.88. The van der Waals surface area contributed by atoms with Crippen molar-refractivity contribution >= 4 is 11.0 Å². The Kier molecular flexibility index (Phi) is 2.86. The van der Waals surface area contributed by atoms with Crippen molar-refractivity contribution in [2.24, 2.45) is 0 Å². The molecule has 3 aromatic rings. The maximum Gasteiger partial charge on any atom is 0.138 e. The van der Waals surface area contributed by atoms with E-state index in [2.05, 4.69) is 62.2 Å². The summed E-state index contributed by atoms with van der Waals surface area (Å²) >= 11 is 0. The Labute approximate surface area is 113 Å². The monoisotopic (exact) mass is 250 g/mol. The molecule has 0 aliphatic carbocycles. The van der Waals surface area contributed by atoms with E-state index in [9.17, 15) is 0 Å². The summed E-state index contributed by atoms with van der Waals surface area (Å²) in [7, 11) is 0. The molecule has 2 aromatic carbocycles. The maximum absolute atomic E-state index is 4.70. The van der Waals surface area contributed by atoms with Crippen LogP contribution in [0.15, 0.2) is 36.4 Å². The topological polar surface area (TPSA) is 28.7 Å². The molecule has 0 radical (unpaired) electrons. The van der Waals surface area contributed by atoms with Crippen molar-refractivity contribution in [1.29, 1.82) is 0 Å². The molecule has 0 atom stereocenters. The number of hydrogen-bond acceptors (Lipinski definition) is 1. The second kappa shape index (κ2) is 4.54. The van der Waals surface area contributed by atoms with Gasteiger partial charge in [-0.2, -0.15) is 0 Å². The number of rotatable bonds is 2. The lowest BCUT2D eigenvalue weighted by molar-refractivity contribution is 1.14. The van der Waals surface area contributed by atoms with Crippen molar-refractivity contribution in [1.82, 2.24) is 9.97 Å². The van der Waals surface area contributed by atoms with Gasteiger partial charge in [0.15, 0.2) is 0 Å². The largest absolute Gasteiger partial charge is 0.338 e. The van der Waals surface area contributed by atoms with Crippen LogP contribution in [0.1, 0.15) is 23.6 Å². The Morgan fingerprint density at radius 1 is 1.11 bits per heavy atom. The summed E-state index contributed by atoms with van der Waals surface area (Å²) in [6.45, 7) is 6.45. The fourth-order valence-corrected chi connectivity index (χ4v) is 2.41. The molecule has 1 heterocycles. The van der Waals surface area contributed by atoms with E-state index in [-0.39, 0.29) is 0 Å². The number of hydrogen-bond donors (Lipinski definition) is 1. The van der Waals surface area contributed by atoms with Crippen LogP contribution in [-0.4, -0.2) is 9.97 Å². The van der Waals surface area contributed by atoms with Gasteiger partial charge in [-0.1, -0.05) is 31.2 Å². The lowest BCUT2D eigenvalue weighted by Gasteiger charge is -2.05.